The van der Waals surface area contributed by atoms with Gasteiger partial charge in [-0.1, -0.05) is 32.0 Å². The molecule has 0 saturated carbocycles. The third-order valence-electron chi connectivity index (χ3n) is 1.86. The molecule has 0 radical (unpaired) electrons. The molecular formula is C10H13IO. The number of hydrogen-bond acceptors (Lipinski definition) is 1. The average Bonchev–Trinajstić information content (AvgIpc) is 2.04. The molecule has 0 aliphatic rings. The Balaban J connectivity index is 2.94. The zero-order valence-corrected chi connectivity index (χ0v) is 9.45. The van der Waals surface area contributed by atoms with Gasteiger partial charge in [-0.05, 0) is 40.1 Å². The molecule has 1 N–H and O–H groups in total. The summed E-state index contributed by atoms with van der Waals surface area (Å²) in [6.07, 6.45) is -0.335. The lowest BCUT2D eigenvalue weighted by molar-refractivity contribution is 0.126. The van der Waals surface area contributed by atoms with Crippen LogP contribution in [0, 0.1) is 9.49 Å². The summed E-state index contributed by atoms with van der Waals surface area (Å²) in [5.41, 5.74) is 1.04. The maximum absolute atomic E-state index is 9.77. The number of halogens is 1. The molecule has 1 unspecified atom stereocenters. The number of aliphatic hydroxyl groups excluding tert-OH is 1. The maximum atomic E-state index is 9.77. The van der Waals surface area contributed by atoms with Gasteiger partial charge in [0.2, 0.25) is 0 Å². The van der Waals surface area contributed by atoms with E-state index in [-0.39, 0.29) is 12.0 Å². The number of rotatable bonds is 2. The minimum absolute atomic E-state index is 0.279. The fourth-order valence-corrected chi connectivity index (χ4v) is 1.78. The van der Waals surface area contributed by atoms with Crippen LogP contribution in [0.3, 0.4) is 0 Å². The third kappa shape index (κ3) is 2.20. The molecular weight excluding hydrogens is 263 g/mol. The Labute approximate surface area is 86.9 Å². The molecule has 0 saturated heterocycles. The topological polar surface area (TPSA) is 20.2 Å². The fraction of sp³-hybridized carbons (Fsp3) is 0.400. The molecule has 0 amide bonds. The van der Waals surface area contributed by atoms with E-state index in [2.05, 4.69) is 22.6 Å². The van der Waals surface area contributed by atoms with Crippen LogP contribution in [0.25, 0.3) is 0 Å². The van der Waals surface area contributed by atoms with E-state index in [1.54, 1.807) is 0 Å². The van der Waals surface area contributed by atoms with Gasteiger partial charge in [-0.25, -0.2) is 0 Å². The van der Waals surface area contributed by atoms with Gasteiger partial charge in [-0.2, -0.15) is 0 Å². The highest BCUT2D eigenvalue weighted by molar-refractivity contribution is 14.1. The number of hydrogen-bond donors (Lipinski definition) is 1. The zero-order chi connectivity index (χ0) is 9.14. The van der Waals surface area contributed by atoms with Gasteiger partial charge >= 0.3 is 0 Å². The summed E-state index contributed by atoms with van der Waals surface area (Å²) < 4.78 is 1.14. The van der Waals surface area contributed by atoms with Crippen molar-refractivity contribution >= 4 is 22.6 Å². The van der Waals surface area contributed by atoms with Crippen molar-refractivity contribution in [3.8, 4) is 0 Å². The first-order valence-corrected chi connectivity index (χ1v) is 5.13. The van der Waals surface area contributed by atoms with Gasteiger partial charge in [0.1, 0.15) is 0 Å². The van der Waals surface area contributed by atoms with E-state index in [4.69, 9.17) is 0 Å². The Morgan fingerprint density at radius 1 is 1.25 bits per heavy atom. The molecule has 0 fully saturated rings. The van der Waals surface area contributed by atoms with Crippen LogP contribution in [-0.2, 0) is 0 Å². The third-order valence-corrected chi connectivity index (χ3v) is 2.84. The first-order chi connectivity index (χ1) is 5.63. The maximum Gasteiger partial charge on any atom is 0.0823 e. The highest BCUT2D eigenvalue weighted by Crippen LogP contribution is 2.25. The largest absolute Gasteiger partial charge is 0.388 e. The highest BCUT2D eigenvalue weighted by Gasteiger charge is 2.13. The molecule has 1 nitrogen and oxygen atoms in total. The Kier molecular flexibility index (Phi) is 3.53. The van der Waals surface area contributed by atoms with E-state index < -0.39 is 0 Å². The van der Waals surface area contributed by atoms with Crippen LogP contribution in [-0.4, -0.2) is 5.11 Å². The van der Waals surface area contributed by atoms with Crippen LogP contribution in [0.1, 0.15) is 25.5 Å². The molecule has 1 atom stereocenters. The van der Waals surface area contributed by atoms with Gasteiger partial charge in [-0.3, -0.25) is 0 Å². The molecule has 0 aromatic heterocycles. The summed E-state index contributed by atoms with van der Waals surface area (Å²) in [5.74, 6) is 0.279. The van der Waals surface area contributed by atoms with Gasteiger partial charge < -0.3 is 5.11 Å². The standard InChI is InChI=1S/C10H13IO/c1-7(2)10(12)8-5-3-4-6-9(8)11/h3-7,10,12H,1-2H3. The molecule has 66 valence electrons. The van der Waals surface area contributed by atoms with E-state index in [1.807, 2.05) is 38.1 Å². The predicted octanol–water partition coefficient (Wildman–Crippen LogP) is 2.98. The van der Waals surface area contributed by atoms with E-state index in [9.17, 15) is 5.11 Å². The lowest BCUT2D eigenvalue weighted by Crippen LogP contribution is -2.06. The number of benzene rings is 1. The molecule has 0 spiro atoms. The number of aliphatic hydroxyl groups is 1. The lowest BCUT2D eigenvalue weighted by Gasteiger charge is -2.15. The minimum Gasteiger partial charge on any atom is -0.388 e. The van der Waals surface area contributed by atoms with Gasteiger partial charge in [0.05, 0.1) is 6.10 Å². The first-order valence-electron chi connectivity index (χ1n) is 4.05. The normalized spacial score (nSPS) is 13.4. The Bertz CT molecular complexity index is 258. The molecule has 0 bridgehead atoms. The van der Waals surface area contributed by atoms with Gasteiger partial charge in [0.15, 0.2) is 0 Å². The quantitative estimate of drug-likeness (QED) is 0.823. The van der Waals surface area contributed by atoms with Crippen LogP contribution in [0.5, 0.6) is 0 Å². The van der Waals surface area contributed by atoms with Crippen molar-refractivity contribution in [2.24, 2.45) is 5.92 Å². The second-order valence-corrected chi connectivity index (χ2v) is 4.37. The second kappa shape index (κ2) is 4.23. The Morgan fingerprint density at radius 2 is 1.83 bits per heavy atom. The van der Waals surface area contributed by atoms with Crippen molar-refractivity contribution in [2.75, 3.05) is 0 Å². The Hall–Kier alpha value is -0.0900. The van der Waals surface area contributed by atoms with Crippen LogP contribution in [0.4, 0.5) is 0 Å². The second-order valence-electron chi connectivity index (χ2n) is 3.21. The zero-order valence-electron chi connectivity index (χ0n) is 7.29. The van der Waals surface area contributed by atoms with Crippen LogP contribution in [0.2, 0.25) is 0 Å². The summed E-state index contributed by atoms with van der Waals surface area (Å²) in [6, 6.07) is 7.94. The van der Waals surface area contributed by atoms with Crippen LogP contribution in [0.15, 0.2) is 24.3 Å². The molecule has 0 heterocycles. The van der Waals surface area contributed by atoms with Crippen molar-refractivity contribution in [3.63, 3.8) is 0 Å². The van der Waals surface area contributed by atoms with Crippen molar-refractivity contribution in [2.45, 2.75) is 20.0 Å². The van der Waals surface area contributed by atoms with E-state index >= 15 is 0 Å². The van der Waals surface area contributed by atoms with E-state index in [0.717, 1.165) is 9.13 Å². The predicted molar refractivity (Wildman–Crippen MR) is 59.0 cm³/mol. The molecule has 0 aliphatic carbocycles. The SMILES string of the molecule is CC(C)C(O)c1ccccc1I. The molecule has 1 rings (SSSR count). The smallest absolute Gasteiger partial charge is 0.0823 e. The van der Waals surface area contributed by atoms with Crippen molar-refractivity contribution in [3.05, 3.63) is 33.4 Å². The van der Waals surface area contributed by atoms with E-state index in [0.29, 0.717) is 0 Å². The van der Waals surface area contributed by atoms with Crippen LogP contribution < -0.4 is 0 Å². The summed E-state index contributed by atoms with van der Waals surface area (Å²) in [7, 11) is 0. The van der Waals surface area contributed by atoms with Crippen LogP contribution >= 0.6 is 22.6 Å². The first kappa shape index (κ1) is 9.99. The lowest BCUT2D eigenvalue weighted by atomic mass is 9.99. The Morgan fingerprint density at radius 3 is 2.33 bits per heavy atom. The van der Waals surface area contributed by atoms with E-state index in [1.165, 1.54) is 0 Å². The van der Waals surface area contributed by atoms with Gasteiger partial charge in [0.25, 0.3) is 0 Å². The summed E-state index contributed by atoms with van der Waals surface area (Å²) in [4.78, 5) is 0. The molecule has 1 aromatic rings. The fourth-order valence-electron chi connectivity index (χ4n) is 1.07. The minimum atomic E-state index is -0.335. The summed E-state index contributed by atoms with van der Waals surface area (Å²) >= 11 is 2.25. The molecule has 2 heteroatoms. The van der Waals surface area contributed by atoms with Crippen molar-refractivity contribution in [1.82, 2.24) is 0 Å². The van der Waals surface area contributed by atoms with Crippen molar-refractivity contribution in [1.29, 1.82) is 0 Å². The van der Waals surface area contributed by atoms with Gasteiger partial charge in [-0.15, -0.1) is 0 Å². The molecule has 1 aromatic carbocycles. The van der Waals surface area contributed by atoms with Crippen molar-refractivity contribution < 1.29 is 5.11 Å². The average molecular weight is 276 g/mol. The molecule has 12 heavy (non-hydrogen) atoms. The summed E-state index contributed by atoms with van der Waals surface area (Å²) in [5, 5.41) is 9.77. The van der Waals surface area contributed by atoms with Gasteiger partial charge in [0, 0.05) is 3.57 Å². The molecule has 0 aliphatic heterocycles. The highest BCUT2D eigenvalue weighted by atomic mass is 127. The monoisotopic (exact) mass is 276 g/mol. The summed E-state index contributed by atoms with van der Waals surface area (Å²) in [6.45, 7) is 4.04.